The van der Waals surface area contributed by atoms with Crippen LogP contribution in [0.2, 0.25) is 5.02 Å². The van der Waals surface area contributed by atoms with Crippen LogP contribution in [0.1, 0.15) is 0 Å². The first kappa shape index (κ1) is 18.3. The molecule has 2 aromatic carbocycles. The second-order valence-corrected chi connectivity index (χ2v) is 6.31. The predicted octanol–water partition coefficient (Wildman–Crippen LogP) is 3.22. The van der Waals surface area contributed by atoms with Gasteiger partial charge in [-0.2, -0.15) is 0 Å². The largest absolute Gasteiger partial charge is 0.495 e. The van der Waals surface area contributed by atoms with E-state index in [9.17, 15) is 9.18 Å². The van der Waals surface area contributed by atoms with Crippen LogP contribution < -0.4 is 14.4 Å². The number of carbonyl (C=O) groups is 1. The Morgan fingerprint density at radius 1 is 1.15 bits per heavy atom. The maximum atomic E-state index is 13.1. The summed E-state index contributed by atoms with van der Waals surface area (Å²) >= 11 is 5.71. The number of hydrogen-bond acceptors (Lipinski definition) is 4. The van der Waals surface area contributed by atoms with Gasteiger partial charge in [0.05, 0.1) is 17.8 Å². The van der Waals surface area contributed by atoms with Crippen molar-refractivity contribution < 1.29 is 18.7 Å². The van der Waals surface area contributed by atoms with Gasteiger partial charge in [-0.15, -0.1) is 0 Å². The molecule has 3 rings (SSSR count). The Balaban J connectivity index is 1.52. The molecule has 7 heteroatoms. The molecule has 2 aromatic rings. The molecule has 0 bridgehead atoms. The first-order chi connectivity index (χ1) is 12.6. The Morgan fingerprint density at radius 2 is 1.88 bits per heavy atom. The Morgan fingerprint density at radius 3 is 2.58 bits per heavy atom. The van der Waals surface area contributed by atoms with Crippen LogP contribution in [0.25, 0.3) is 0 Å². The standard InChI is InChI=1S/C19H20ClFN2O3/c1-25-18-5-3-2-4-17(18)22-8-10-23(11-9-22)19(24)13-26-14-6-7-16(21)15(20)12-14/h2-7,12H,8-11,13H2,1H3. The average Bonchev–Trinajstić information content (AvgIpc) is 2.68. The molecule has 0 N–H and O–H groups in total. The Kier molecular flexibility index (Phi) is 5.83. The molecule has 0 spiro atoms. The summed E-state index contributed by atoms with van der Waals surface area (Å²) in [6.07, 6.45) is 0. The van der Waals surface area contributed by atoms with Crippen LogP contribution in [0, 0.1) is 5.82 Å². The summed E-state index contributed by atoms with van der Waals surface area (Å²) in [4.78, 5) is 16.3. The van der Waals surface area contributed by atoms with E-state index in [4.69, 9.17) is 21.1 Å². The highest BCUT2D eigenvalue weighted by molar-refractivity contribution is 6.30. The third-order valence-electron chi connectivity index (χ3n) is 4.31. The first-order valence-electron chi connectivity index (χ1n) is 8.32. The SMILES string of the molecule is COc1ccccc1N1CCN(C(=O)COc2ccc(F)c(Cl)c2)CC1. The molecular formula is C19H20ClFN2O3. The summed E-state index contributed by atoms with van der Waals surface area (Å²) in [5, 5.41) is -0.0274. The van der Waals surface area contributed by atoms with E-state index in [0.29, 0.717) is 31.9 Å². The molecule has 138 valence electrons. The van der Waals surface area contributed by atoms with Crippen molar-refractivity contribution in [3.05, 3.63) is 53.3 Å². The van der Waals surface area contributed by atoms with Gasteiger partial charge in [-0.3, -0.25) is 4.79 Å². The molecule has 1 amide bonds. The van der Waals surface area contributed by atoms with Gasteiger partial charge in [0.1, 0.15) is 17.3 Å². The lowest BCUT2D eigenvalue weighted by Crippen LogP contribution is -2.50. The lowest BCUT2D eigenvalue weighted by atomic mass is 10.2. The van der Waals surface area contributed by atoms with E-state index in [1.54, 1.807) is 12.0 Å². The Hall–Kier alpha value is -2.47. The van der Waals surface area contributed by atoms with E-state index in [1.165, 1.54) is 18.2 Å². The van der Waals surface area contributed by atoms with Gasteiger partial charge in [0.25, 0.3) is 5.91 Å². The number of hydrogen-bond donors (Lipinski definition) is 0. The van der Waals surface area contributed by atoms with Crippen molar-refractivity contribution in [3.63, 3.8) is 0 Å². The number of amides is 1. The highest BCUT2D eigenvalue weighted by Gasteiger charge is 2.23. The van der Waals surface area contributed by atoms with Gasteiger partial charge in [-0.05, 0) is 24.3 Å². The van der Waals surface area contributed by atoms with Crippen molar-refractivity contribution >= 4 is 23.2 Å². The summed E-state index contributed by atoms with van der Waals surface area (Å²) in [6, 6.07) is 11.9. The molecule has 0 radical (unpaired) electrons. The van der Waals surface area contributed by atoms with Gasteiger partial charge in [0, 0.05) is 32.2 Å². The van der Waals surface area contributed by atoms with Crippen molar-refractivity contribution in [1.82, 2.24) is 4.90 Å². The Bertz CT molecular complexity index is 779. The van der Waals surface area contributed by atoms with Gasteiger partial charge in [0.15, 0.2) is 6.61 Å². The van der Waals surface area contributed by atoms with Crippen LogP contribution in [0.4, 0.5) is 10.1 Å². The second kappa shape index (κ2) is 8.27. The van der Waals surface area contributed by atoms with Crippen LogP contribution >= 0.6 is 11.6 Å². The van der Waals surface area contributed by atoms with E-state index in [-0.39, 0.29) is 17.5 Å². The van der Waals surface area contributed by atoms with Gasteiger partial charge < -0.3 is 19.3 Å². The fourth-order valence-corrected chi connectivity index (χ4v) is 3.06. The van der Waals surface area contributed by atoms with E-state index in [0.717, 1.165) is 11.4 Å². The maximum absolute atomic E-state index is 13.1. The molecule has 1 aliphatic heterocycles. The van der Waals surface area contributed by atoms with Crippen LogP contribution in [0.15, 0.2) is 42.5 Å². The minimum absolute atomic E-state index is 0.0274. The molecule has 0 aromatic heterocycles. The minimum Gasteiger partial charge on any atom is -0.495 e. The fourth-order valence-electron chi connectivity index (χ4n) is 2.89. The number of rotatable bonds is 5. The zero-order chi connectivity index (χ0) is 18.5. The molecule has 0 saturated carbocycles. The van der Waals surface area contributed by atoms with Crippen LogP contribution in [-0.4, -0.2) is 50.7 Å². The zero-order valence-electron chi connectivity index (χ0n) is 14.5. The number of ether oxygens (including phenoxy) is 2. The number of anilines is 1. The van der Waals surface area contributed by atoms with Gasteiger partial charge >= 0.3 is 0 Å². The number of nitrogens with zero attached hydrogens (tertiary/aromatic N) is 2. The molecule has 1 heterocycles. The van der Waals surface area contributed by atoms with Gasteiger partial charge in [0.2, 0.25) is 0 Å². The van der Waals surface area contributed by atoms with E-state index in [2.05, 4.69) is 4.90 Å². The number of piperazine rings is 1. The van der Waals surface area contributed by atoms with Crippen molar-refractivity contribution in [2.24, 2.45) is 0 Å². The summed E-state index contributed by atoms with van der Waals surface area (Å²) in [6.45, 7) is 2.54. The fraction of sp³-hybridized carbons (Fsp3) is 0.316. The van der Waals surface area contributed by atoms with Crippen LogP contribution in [0.5, 0.6) is 11.5 Å². The summed E-state index contributed by atoms with van der Waals surface area (Å²) < 4.78 is 24.0. The lowest BCUT2D eigenvalue weighted by Gasteiger charge is -2.36. The zero-order valence-corrected chi connectivity index (χ0v) is 15.2. The Labute approximate surface area is 156 Å². The molecule has 0 unspecified atom stereocenters. The highest BCUT2D eigenvalue weighted by Crippen LogP contribution is 2.28. The highest BCUT2D eigenvalue weighted by atomic mass is 35.5. The quantitative estimate of drug-likeness (QED) is 0.801. The topological polar surface area (TPSA) is 42.0 Å². The van der Waals surface area contributed by atoms with Crippen molar-refractivity contribution in [1.29, 1.82) is 0 Å². The smallest absolute Gasteiger partial charge is 0.260 e. The summed E-state index contributed by atoms with van der Waals surface area (Å²) in [7, 11) is 1.65. The van der Waals surface area contributed by atoms with Crippen molar-refractivity contribution in [2.75, 3.05) is 44.8 Å². The van der Waals surface area contributed by atoms with Crippen molar-refractivity contribution in [3.8, 4) is 11.5 Å². The number of carbonyl (C=O) groups excluding carboxylic acids is 1. The summed E-state index contributed by atoms with van der Waals surface area (Å²) in [5.74, 6) is 0.573. The third-order valence-corrected chi connectivity index (χ3v) is 4.60. The third kappa shape index (κ3) is 4.19. The monoisotopic (exact) mass is 378 g/mol. The molecule has 1 aliphatic rings. The van der Waals surface area contributed by atoms with Crippen molar-refractivity contribution in [2.45, 2.75) is 0 Å². The normalized spacial score (nSPS) is 14.3. The minimum atomic E-state index is -0.516. The lowest BCUT2D eigenvalue weighted by molar-refractivity contribution is -0.133. The second-order valence-electron chi connectivity index (χ2n) is 5.90. The first-order valence-corrected chi connectivity index (χ1v) is 8.70. The number of para-hydroxylation sites is 2. The van der Waals surface area contributed by atoms with E-state index < -0.39 is 5.82 Å². The average molecular weight is 379 g/mol. The van der Waals surface area contributed by atoms with Crippen LogP contribution in [0.3, 0.4) is 0 Å². The van der Waals surface area contributed by atoms with E-state index in [1.807, 2.05) is 24.3 Å². The molecular weight excluding hydrogens is 359 g/mol. The van der Waals surface area contributed by atoms with E-state index >= 15 is 0 Å². The number of halogens is 2. The van der Waals surface area contributed by atoms with Gasteiger partial charge in [-0.1, -0.05) is 23.7 Å². The van der Waals surface area contributed by atoms with Gasteiger partial charge in [-0.25, -0.2) is 4.39 Å². The molecule has 0 atom stereocenters. The summed E-state index contributed by atoms with van der Waals surface area (Å²) in [5.41, 5.74) is 1.03. The predicted molar refractivity (Wildman–Crippen MR) is 98.7 cm³/mol. The molecule has 0 aliphatic carbocycles. The maximum Gasteiger partial charge on any atom is 0.260 e. The molecule has 1 fully saturated rings. The number of methoxy groups -OCH3 is 1. The number of benzene rings is 2. The molecule has 26 heavy (non-hydrogen) atoms. The molecule has 1 saturated heterocycles. The molecule has 5 nitrogen and oxygen atoms in total. The van der Waals surface area contributed by atoms with Crippen LogP contribution in [-0.2, 0) is 4.79 Å².